The summed E-state index contributed by atoms with van der Waals surface area (Å²) in [7, 11) is 2.19. The summed E-state index contributed by atoms with van der Waals surface area (Å²) in [6.45, 7) is 2.42. The van der Waals surface area contributed by atoms with E-state index in [4.69, 9.17) is 4.98 Å². The molecule has 4 heteroatoms. The van der Waals surface area contributed by atoms with Gasteiger partial charge in [-0.2, -0.15) is 0 Å². The summed E-state index contributed by atoms with van der Waals surface area (Å²) in [5.74, 6) is 0.758. The lowest BCUT2D eigenvalue weighted by atomic mass is 10.0. The highest BCUT2D eigenvalue weighted by molar-refractivity contribution is 7.13. The summed E-state index contributed by atoms with van der Waals surface area (Å²) in [5.41, 5.74) is 2.21. The lowest BCUT2D eigenvalue weighted by Crippen LogP contribution is -2.15. The number of rotatable bonds is 3. The zero-order valence-corrected chi connectivity index (χ0v) is 11.4. The molecule has 0 unspecified atom stereocenters. The fourth-order valence-electron chi connectivity index (χ4n) is 2.55. The summed E-state index contributed by atoms with van der Waals surface area (Å²) in [4.78, 5) is 11.5. The van der Waals surface area contributed by atoms with E-state index in [1.807, 2.05) is 17.6 Å². The van der Waals surface area contributed by atoms with E-state index in [0.717, 1.165) is 23.0 Å². The Bertz CT molecular complexity index is 510. The molecule has 1 aliphatic rings. The van der Waals surface area contributed by atoms with Crippen LogP contribution in [0.3, 0.4) is 0 Å². The second-order valence-corrected chi connectivity index (χ2v) is 5.87. The Balaban J connectivity index is 1.75. The summed E-state index contributed by atoms with van der Waals surface area (Å²) in [5, 5.41) is 3.01. The van der Waals surface area contributed by atoms with Crippen molar-refractivity contribution in [3.05, 3.63) is 35.5 Å². The molecule has 1 fully saturated rings. The van der Waals surface area contributed by atoms with Crippen LogP contribution in [0.15, 0.2) is 29.8 Å². The quantitative estimate of drug-likeness (QED) is 0.848. The van der Waals surface area contributed by atoms with Crippen LogP contribution < -0.4 is 0 Å². The van der Waals surface area contributed by atoms with Gasteiger partial charge in [-0.3, -0.25) is 4.98 Å². The minimum atomic E-state index is 0.758. The Morgan fingerprint density at radius 2 is 2.39 bits per heavy atom. The maximum absolute atomic E-state index is 4.73. The van der Waals surface area contributed by atoms with Gasteiger partial charge in [0.1, 0.15) is 5.01 Å². The first-order valence-electron chi connectivity index (χ1n) is 6.35. The normalized spacial score (nSPS) is 20.4. The molecule has 0 spiro atoms. The number of nitrogens with zero attached hydrogens (tertiary/aromatic N) is 3. The molecule has 0 aromatic carbocycles. The summed E-state index contributed by atoms with van der Waals surface area (Å²) < 4.78 is 0. The van der Waals surface area contributed by atoms with E-state index in [9.17, 15) is 0 Å². The average molecular weight is 259 g/mol. The first-order chi connectivity index (χ1) is 8.81. The van der Waals surface area contributed by atoms with Crippen molar-refractivity contribution in [3.63, 3.8) is 0 Å². The smallest absolute Gasteiger partial charge is 0.141 e. The molecular formula is C14H17N3S. The molecule has 0 amide bonds. The van der Waals surface area contributed by atoms with Crippen molar-refractivity contribution < 1.29 is 0 Å². The van der Waals surface area contributed by atoms with E-state index in [2.05, 4.69) is 29.1 Å². The lowest BCUT2D eigenvalue weighted by molar-refractivity contribution is 0.393. The zero-order chi connectivity index (χ0) is 12.4. The second-order valence-electron chi connectivity index (χ2n) is 4.97. The molecule has 1 aliphatic heterocycles. The minimum absolute atomic E-state index is 0.758. The van der Waals surface area contributed by atoms with E-state index in [0.29, 0.717) is 0 Å². The number of pyridine rings is 1. The molecule has 0 radical (unpaired) electrons. The molecule has 0 bridgehead atoms. The Labute approximate surface area is 112 Å². The van der Waals surface area contributed by atoms with Gasteiger partial charge >= 0.3 is 0 Å². The van der Waals surface area contributed by atoms with Crippen molar-refractivity contribution in [1.29, 1.82) is 0 Å². The van der Waals surface area contributed by atoms with Crippen LogP contribution >= 0.6 is 11.3 Å². The predicted molar refractivity (Wildman–Crippen MR) is 74.7 cm³/mol. The highest BCUT2D eigenvalue weighted by Gasteiger charge is 2.20. The summed E-state index contributed by atoms with van der Waals surface area (Å²) >= 11 is 1.65. The van der Waals surface area contributed by atoms with Gasteiger partial charge in [-0.15, -0.1) is 11.3 Å². The Hall–Kier alpha value is -1.26. The first kappa shape index (κ1) is 11.8. The van der Waals surface area contributed by atoms with Gasteiger partial charge in [0.2, 0.25) is 0 Å². The van der Waals surface area contributed by atoms with Crippen LogP contribution in [0.4, 0.5) is 0 Å². The second kappa shape index (κ2) is 5.16. The average Bonchev–Trinajstić information content (AvgIpc) is 3.01. The Morgan fingerprint density at radius 3 is 3.11 bits per heavy atom. The summed E-state index contributed by atoms with van der Waals surface area (Å²) in [6, 6.07) is 6.27. The maximum Gasteiger partial charge on any atom is 0.141 e. The van der Waals surface area contributed by atoms with Crippen molar-refractivity contribution in [2.45, 2.75) is 12.8 Å². The first-order valence-corrected chi connectivity index (χ1v) is 7.23. The van der Waals surface area contributed by atoms with Crippen molar-refractivity contribution in [2.24, 2.45) is 5.92 Å². The number of thiazole rings is 1. The highest BCUT2D eigenvalue weighted by Crippen LogP contribution is 2.22. The van der Waals surface area contributed by atoms with Gasteiger partial charge in [0, 0.05) is 23.8 Å². The molecule has 2 aromatic heterocycles. The van der Waals surface area contributed by atoms with Crippen LogP contribution in [0.2, 0.25) is 0 Å². The van der Waals surface area contributed by atoms with Crippen LogP contribution in [-0.2, 0) is 6.42 Å². The molecule has 1 saturated heterocycles. The standard InChI is InChI=1S/C14H17N3S/c1-17-7-5-11(10-17)9-12-3-2-4-13(16-12)14-15-6-8-18-14/h2-4,6,8,11H,5,7,9-10H2,1H3/t11-/m0/s1. The van der Waals surface area contributed by atoms with E-state index < -0.39 is 0 Å². The molecule has 3 heterocycles. The molecular weight excluding hydrogens is 242 g/mol. The van der Waals surface area contributed by atoms with Crippen LogP contribution in [0.25, 0.3) is 10.7 Å². The maximum atomic E-state index is 4.73. The van der Waals surface area contributed by atoms with Crippen LogP contribution in [0, 0.1) is 5.92 Å². The Morgan fingerprint density at radius 1 is 1.44 bits per heavy atom. The topological polar surface area (TPSA) is 29.0 Å². The van der Waals surface area contributed by atoms with Crippen LogP contribution in [-0.4, -0.2) is 35.0 Å². The molecule has 1 atom stereocenters. The van der Waals surface area contributed by atoms with Crippen molar-refractivity contribution >= 4 is 11.3 Å². The third kappa shape index (κ3) is 2.60. The van der Waals surface area contributed by atoms with E-state index in [-0.39, 0.29) is 0 Å². The van der Waals surface area contributed by atoms with Crippen molar-refractivity contribution in [3.8, 4) is 10.7 Å². The lowest BCUT2D eigenvalue weighted by Gasteiger charge is -2.10. The van der Waals surface area contributed by atoms with Gasteiger partial charge in [-0.05, 0) is 44.5 Å². The largest absolute Gasteiger partial charge is 0.306 e. The van der Waals surface area contributed by atoms with Crippen molar-refractivity contribution in [1.82, 2.24) is 14.9 Å². The third-order valence-electron chi connectivity index (χ3n) is 3.44. The van der Waals surface area contributed by atoms with E-state index in [1.54, 1.807) is 11.3 Å². The van der Waals surface area contributed by atoms with Crippen LogP contribution in [0.1, 0.15) is 12.1 Å². The molecule has 3 rings (SSSR count). The highest BCUT2D eigenvalue weighted by atomic mass is 32.1. The van der Waals surface area contributed by atoms with Gasteiger partial charge < -0.3 is 4.90 Å². The summed E-state index contributed by atoms with van der Waals surface area (Å²) in [6.07, 6.45) is 4.21. The minimum Gasteiger partial charge on any atom is -0.306 e. The molecule has 18 heavy (non-hydrogen) atoms. The third-order valence-corrected chi connectivity index (χ3v) is 4.24. The molecule has 2 aromatic rings. The van der Waals surface area contributed by atoms with Gasteiger partial charge in [0.15, 0.2) is 0 Å². The van der Waals surface area contributed by atoms with E-state index >= 15 is 0 Å². The van der Waals surface area contributed by atoms with Gasteiger partial charge in [-0.25, -0.2) is 4.98 Å². The molecule has 0 N–H and O–H groups in total. The predicted octanol–water partition coefficient (Wildman–Crippen LogP) is 2.70. The molecule has 3 nitrogen and oxygen atoms in total. The van der Waals surface area contributed by atoms with Gasteiger partial charge in [0.05, 0.1) is 5.69 Å². The molecule has 0 aliphatic carbocycles. The monoisotopic (exact) mass is 259 g/mol. The fraction of sp³-hybridized carbons (Fsp3) is 0.429. The fourth-order valence-corrected chi connectivity index (χ4v) is 3.16. The SMILES string of the molecule is CN1CC[C@@H](Cc2cccc(-c3nccs3)n2)C1. The zero-order valence-electron chi connectivity index (χ0n) is 10.5. The number of aromatic nitrogens is 2. The molecule has 94 valence electrons. The number of likely N-dealkylation sites (tertiary alicyclic amines) is 1. The van der Waals surface area contributed by atoms with Gasteiger partial charge in [0.25, 0.3) is 0 Å². The number of hydrogen-bond acceptors (Lipinski definition) is 4. The molecule has 0 saturated carbocycles. The van der Waals surface area contributed by atoms with Crippen molar-refractivity contribution in [2.75, 3.05) is 20.1 Å². The van der Waals surface area contributed by atoms with E-state index in [1.165, 1.54) is 25.2 Å². The number of hydrogen-bond donors (Lipinski definition) is 0. The Kier molecular flexibility index (Phi) is 3.39. The van der Waals surface area contributed by atoms with Gasteiger partial charge in [-0.1, -0.05) is 6.07 Å². The van der Waals surface area contributed by atoms with Crippen LogP contribution in [0.5, 0.6) is 0 Å².